The number of halogens is 1. The van der Waals surface area contributed by atoms with Gasteiger partial charge in [0.25, 0.3) is 0 Å². The lowest BCUT2D eigenvalue weighted by Gasteiger charge is -2.15. The van der Waals surface area contributed by atoms with E-state index in [0.29, 0.717) is 17.0 Å². The summed E-state index contributed by atoms with van der Waals surface area (Å²) in [4.78, 5) is 18.3. The Labute approximate surface area is 115 Å². The van der Waals surface area contributed by atoms with E-state index in [2.05, 4.69) is 4.98 Å². The third-order valence-corrected chi connectivity index (χ3v) is 4.17. The zero-order valence-corrected chi connectivity index (χ0v) is 11.9. The predicted molar refractivity (Wildman–Crippen MR) is 75.4 cm³/mol. The van der Waals surface area contributed by atoms with Crippen LogP contribution in [0.1, 0.15) is 27.9 Å². The monoisotopic (exact) mass is 278 g/mol. The van der Waals surface area contributed by atoms with Gasteiger partial charge in [0.1, 0.15) is 5.82 Å². The summed E-state index contributed by atoms with van der Waals surface area (Å²) in [5.41, 5.74) is 1.34. The van der Waals surface area contributed by atoms with Crippen LogP contribution in [0.2, 0.25) is 0 Å². The van der Waals surface area contributed by atoms with Crippen molar-refractivity contribution in [2.24, 2.45) is 0 Å². The smallest absolute Gasteiger partial charge is 0.186 e. The van der Waals surface area contributed by atoms with Gasteiger partial charge in [0.05, 0.1) is 10.6 Å². The van der Waals surface area contributed by atoms with Crippen LogP contribution in [0.5, 0.6) is 0 Å². The van der Waals surface area contributed by atoms with E-state index >= 15 is 0 Å². The molecule has 3 nitrogen and oxygen atoms in total. The predicted octanol–water partition coefficient (Wildman–Crippen LogP) is 3.43. The maximum atomic E-state index is 13.6. The zero-order valence-electron chi connectivity index (χ0n) is 11.1. The summed E-state index contributed by atoms with van der Waals surface area (Å²) < 4.78 is 13.6. The lowest BCUT2D eigenvalue weighted by molar-refractivity contribution is 0.102. The van der Waals surface area contributed by atoms with E-state index in [-0.39, 0.29) is 11.6 Å². The van der Waals surface area contributed by atoms with Crippen molar-refractivity contribution in [3.63, 3.8) is 0 Å². The van der Waals surface area contributed by atoms with E-state index in [1.807, 2.05) is 18.9 Å². The molecule has 0 bridgehead atoms. The van der Waals surface area contributed by atoms with Crippen LogP contribution < -0.4 is 4.90 Å². The van der Waals surface area contributed by atoms with Crippen molar-refractivity contribution in [2.45, 2.75) is 20.4 Å². The average Bonchev–Trinajstić information content (AvgIpc) is 2.74. The number of carbonyl (C=O) groups is 1. The van der Waals surface area contributed by atoms with Crippen LogP contribution >= 0.6 is 11.3 Å². The summed E-state index contributed by atoms with van der Waals surface area (Å²) in [6, 6.07) is 6.66. The van der Waals surface area contributed by atoms with Gasteiger partial charge in [0, 0.05) is 26.1 Å². The van der Waals surface area contributed by atoms with Crippen molar-refractivity contribution < 1.29 is 9.18 Å². The number of benzene rings is 1. The second kappa shape index (κ2) is 5.48. The molecule has 1 aromatic heterocycles. The number of hydrogen-bond donors (Lipinski definition) is 0. The Bertz CT molecular complexity index is 609. The minimum Gasteiger partial charge on any atom is -0.347 e. The number of aromatic nitrogens is 1. The molecule has 0 spiro atoms. The van der Waals surface area contributed by atoms with Gasteiger partial charge in [-0.05, 0) is 13.0 Å². The molecular weight excluding hydrogens is 263 g/mol. The molecule has 0 aliphatic heterocycles. The first-order chi connectivity index (χ1) is 8.99. The standard InChI is InChI=1S/C14H15FN2OS/c1-9-13(10(2)18)19-14(16-9)17(3)8-11-6-4-5-7-12(11)15/h4-7H,8H2,1-3H3. The van der Waals surface area contributed by atoms with Gasteiger partial charge in [-0.2, -0.15) is 0 Å². The second-order valence-corrected chi connectivity index (χ2v) is 5.39. The van der Waals surface area contributed by atoms with E-state index in [9.17, 15) is 9.18 Å². The Morgan fingerprint density at radius 3 is 2.68 bits per heavy atom. The molecule has 0 saturated heterocycles. The molecule has 0 radical (unpaired) electrons. The highest BCUT2D eigenvalue weighted by Crippen LogP contribution is 2.26. The minimum atomic E-state index is -0.227. The number of aryl methyl sites for hydroxylation is 1. The first-order valence-corrected chi connectivity index (χ1v) is 6.73. The number of nitrogens with zero attached hydrogens (tertiary/aromatic N) is 2. The number of carbonyl (C=O) groups excluding carboxylic acids is 1. The van der Waals surface area contributed by atoms with Crippen molar-refractivity contribution in [1.82, 2.24) is 4.98 Å². The van der Waals surface area contributed by atoms with Crippen LogP contribution in [0.4, 0.5) is 9.52 Å². The van der Waals surface area contributed by atoms with E-state index in [1.54, 1.807) is 18.2 Å². The van der Waals surface area contributed by atoms with Crippen LogP contribution in [0, 0.1) is 12.7 Å². The van der Waals surface area contributed by atoms with E-state index < -0.39 is 0 Å². The molecule has 0 aliphatic carbocycles. The lowest BCUT2D eigenvalue weighted by Crippen LogP contribution is -2.16. The van der Waals surface area contributed by atoms with Crippen LogP contribution in [-0.4, -0.2) is 17.8 Å². The first-order valence-electron chi connectivity index (χ1n) is 5.92. The first kappa shape index (κ1) is 13.7. The van der Waals surface area contributed by atoms with Gasteiger partial charge in [-0.3, -0.25) is 4.79 Å². The average molecular weight is 278 g/mol. The highest BCUT2D eigenvalue weighted by atomic mass is 32.1. The third kappa shape index (κ3) is 2.98. The lowest BCUT2D eigenvalue weighted by atomic mass is 10.2. The molecule has 2 rings (SSSR count). The normalized spacial score (nSPS) is 10.5. The number of Topliss-reactive ketones (excluding diaryl/α,β-unsaturated/α-hetero) is 1. The molecule has 0 N–H and O–H groups in total. The summed E-state index contributed by atoms with van der Waals surface area (Å²) >= 11 is 1.34. The quantitative estimate of drug-likeness (QED) is 0.803. The molecule has 19 heavy (non-hydrogen) atoms. The summed E-state index contributed by atoms with van der Waals surface area (Å²) in [6.07, 6.45) is 0. The fraction of sp³-hybridized carbons (Fsp3) is 0.286. The van der Waals surface area contributed by atoms with Gasteiger partial charge in [0.2, 0.25) is 0 Å². The molecule has 5 heteroatoms. The molecule has 1 heterocycles. The van der Waals surface area contributed by atoms with Gasteiger partial charge < -0.3 is 4.90 Å². The molecule has 100 valence electrons. The highest BCUT2D eigenvalue weighted by Gasteiger charge is 2.15. The van der Waals surface area contributed by atoms with Gasteiger partial charge >= 0.3 is 0 Å². The van der Waals surface area contributed by atoms with Gasteiger partial charge in [0.15, 0.2) is 10.9 Å². The largest absolute Gasteiger partial charge is 0.347 e. The molecule has 0 amide bonds. The number of hydrogen-bond acceptors (Lipinski definition) is 4. The topological polar surface area (TPSA) is 33.2 Å². The minimum absolute atomic E-state index is 0.0144. The van der Waals surface area contributed by atoms with Crippen molar-refractivity contribution >= 4 is 22.3 Å². The molecule has 0 saturated carbocycles. The van der Waals surface area contributed by atoms with Crippen LogP contribution in [0.3, 0.4) is 0 Å². The maximum absolute atomic E-state index is 13.6. The van der Waals surface area contributed by atoms with E-state index in [0.717, 1.165) is 10.8 Å². The summed E-state index contributed by atoms with van der Waals surface area (Å²) in [7, 11) is 1.84. The Hall–Kier alpha value is -1.75. The second-order valence-electron chi connectivity index (χ2n) is 4.41. The Morgan fingerprint density at radius 2 is 2.11 bits per heavy atom. The molecule has 0 fully saturated rings. The SMILES string of the molecule is CC(=O)c1sc(N(C)Cc2ccccc2F)nc1C. The van der Waals surface area contributed by atoms with Gasteiger partial charge in [-0.15, -0.1) is 0 Å². The Balaban J connectivity index is 2.21. The molecule has 0 atom stereocenters. The van der Waals surface area contributed by atoms with Crippen molar-refractivity contribution in [2.75, 3.05) is 11.9 Å². The van der Waals surface area contributed by atoms with Gasteiger partial charge in [-0.1, -0.05) is 29.5 Å². The van der Waals surface area contributed by atoms with Gasteiger partial charge in [-0.25, -0.2) is 9.37 Å². The molecule has 2 aromatic rings. The molecular formula is C14H15FN2OS. The van der Waals surface area contributed by atoms with Crippen LogP contribution in [-0.2, 0) is 6.54 Å². The molecule has 1 aromatic carbocycles. The summed E-state index contributed by atoms with van der Waals surface area (Å²) in [5.74, 6) is -0.213. The summed E-state index contributed by atoms with van der Waals surface area (Å²) in [6.45, 7) is 3.77. The molecule has 0 aliphatic rings. The third-order valence-electron chi connectivity index (χ3n) is 2.80. The number of thiazole rings is 1. The fourth-order valence-corrected chi connectivity index (χ4v) is 2.74. The van der Waals surface area contributed by atoms with Crippen LogP contribution in [0.15, 0.2) is 24.3 Å². The molecule has 0 unspecified atom stereocenters. The number of ketones is 1. The Kier molecular flexibility index (Phi) is 3.95. The van der Waals surface area contributed by atoms with E-state index in [4.69, 9.17) is 0 Å². The van der Waals surface area contributed by atoms with Crippen LogP contribution in [0.25, 0.3) is 0 Å². The number of rotatable bonds is 4. The van der Waals surface area contributed by atoms with Crippen molar-refractivity contribution in [3.8, 4) is 0 Å². The fourth-order valence-electron chi connectivity index (χ4n) is 1.82. The Morgan fingerprint density at radius 1 is 1.42 bits per heavy atom. The number of anilines is 1. The zero-order chi connectivity index (χ0) is 14.0. The van der Waals surface area contributed by atoms with Crippen molar-refractivity contribution in [1.29, 1.82) is 0 Å². The highest BCUT2D eigenvalue weighted by molar-refractivity contribution is 7.17. The maximum Gasteiger partial charge on any atom is 0.186 e. The van der Waals surface area contributed by atoms with Crippen molar-refractivity contribution in [3.05, 3.63) is 46.2 Å². The summed E-state index contributed by atoms with van der Waals surface area (Å²) in [5, 5.41) is 0.728. The van der Waals surface area contributed by atoms with E-state index in [1.165, 1.54) is 24.3 Å².